The zero-order chi connectivity index (χ0) is 22.3. The van der Waals surface area contributed by atoms with Gasteiger partial charge < -0.3 is 10.2 Å². The van der Waals surface area contributed by atoms with Crippen LogP contribution in [0.2, 0.25) is 0 Å². The molecule has 2 N–H and O–H groups in total. The van der Waals surface area contributed by atoms with Crippen molar-refractivity contribution in [1.29, 1.82) is 0 Å². The van der Waals surface area contributed by atoms with Gasteiger partial charge in [0.15, 0.2) is 0 Å². The van der Waals surface area contributed by atoms with Gasteiger partial charge in [-0.05, 0) is 87.9 Å². The zero-order valence-electron chi connectivity index (χ0n) is 19.5. The van der Waals surface area contributed by atoms with Crippen molar-refractivity contribution in [3.63, 3.8) is 0 Å². The molecule has 4 bridgehead atoms. The summed E-state index contributed by atoms with van der Waals surface area (Å²) in [7, 11) is 0. The number of allylic oxidation sites excluding steroid dienone is 2. The minimum atomic E-state index is -0.796. The number of aliphatic carboxylic acids is 2. The van der Waals surface area contributed by atoms with Gasteiger partial charge in [-0.3, -0.25) is 0 Å². The van der Waals surface area contributed by atoms with Crippen molar-refractivity contribution in [2.75, 3.05) is 0 Å². The second-order valence-corrected chi connectivity index (χ2v) is 10.3. The third kappa shape index (κ3) is 6.99. The number of hydrogen-bond donors (Lipinski definition) is 2. The van der Waals surface area contributed by atoms with Crippen molar-refractivity contribution in [3.05, 3.63) is 23.3 Å². The molecule has 1 unspecified atom stereocenters. The number of rotatable bonds is 9. The number of carbonyl (C=O) groups is 2. The first-order valence-electron chi connectivity index (χ1n) is 12.0. The summed E-state index contributed by atoms with van der Waals surface area (Å²) in [6, 6.07) is 0. The van der Waals surface area contributed by atoms with Gasteiger partial charge in [0.05, 0.1) is 0 Å². The molecule has 0 radical (unpaired) electrons. The molecule has 0 spiro atoms. The highest BCUT2D eigenvalue weighted by molar-refractivity contribution is 5.86. The lowest BCUT2D eigenvalue weighted by molar-refractivity contribution is -0.133. The first kappa shape index (κ1) is 24.7. The third-order valence-electron chi connectivity index (χ3n) is 7.58. The smallest absolute Gasteiger partial charge is 0.330 e. The molecule has 0 aromatic heterocycles. The van der Waals surface area contributed by atoms with Crippen molar-refractivity contribution >= 4 is 11.9 Å². The van der Waals surface area contributed by atoms with Crippen LogP contribution in [0, 0.1) is 29.1 Å². The van der Waals surface area contributed by atoms with E-state index >= 15 is 0 Å². The van der Waals surface area contributed by atoms with E-state index in [-0.39, 0.29) is 5.41 Å². The quantitative estimate of drug-likeness (QED) is 0.401. The summed E-state index contributed by atoms with van der Waals surface area (Å²) >= 11 is 0. The SMILES string of the molecule is CC(=CC12CC3CC(CC(C3)C1)C2)C(=O)O.CCCCC(CC)CC=C(C)C(=O)O. The van der Waals surface area contributed by atoms with Crippen molar-refractivity contribution in [1.82, 2.24) is 0 Å². The summed E-state index contributed by atoms with van der Waals surface area (Å²) < 4.78 is 0. The average molecular weight is 419 g/mol. The Morgan fingerprint density at radius 3 is 1.83 bits per heavy atom. The van der Waals surface area contributed by atoms with E-state index in [0.29, 0.717) is 17.1 Å². The minimum absolute atomic E-state index is 0.261. The number of carboxylic acids is 2. The monoisotopic (exact) mass is 418 g/mol. The highest BCUT2D eigenvalue weighted by atomic mass is 16.4. The normalized spacial score (nSPS) is 31.1. The molecule has 0 saturated heterocycles. The van der Waals surface area contributed by atoms with Gasteiger partial charge in [0.1, 0.15) is 0 Å². The molecule has 0 heterocycles. The molecule has 4 fully saturated rings. The Bertz CT molecular complexity index is 623. The van der Waals surface area contributed by atoms with Gasteiger partial charge in [-0.25, -0.2) is 9.59 Å². The van der Waals surface area contributed by atoms with Crippen molar-refractivity contribution in [2.24, 2.45) is 29.1 Å². The standard InChI is InChI=1S/C14H20O2.C12H22O2/c1-9(13(15)16)5-14-6-10-2-11(7-14)4-12(3-10)8-14;1-4-6-7-11(5-2)9-8-10(3)12(13)14/h5,10-12H,2-4,6-8H2,1H3,(H,15,16);8,11H,4-7,9H2,1-3H3,(H,13,14). The molecule has 4 nitrogen and oxygen atoms in total. The molecular formula is C26H42O4. The van der Waals surface area contributed by atoms with Crippen LogP contribution in [-0.4, -0.2) is 22.2 Å². The molecular weight excluding hydrogens is 376 g/mol. The molecule has 30 heavy (non-hydrogen) atoms. The first-order valence-corrected chi connectivity index (χ1v) is 12.0. The fourth-order valence-electron chi connectivity index (χ4n) is 6.29. The Morgan fingerprint density at radius 2 is 1.43 bits per heavy atom. The maximum absolute atomic E-state index is 11.0. The van der Waals surface area contributed by atoms with Gasteiger partial charge >= 0.3 is 11.9 Å². The maximum Gasteiger partial charge on any atom is 0.330 e. The predicted molar refractivity (Wildman–Crippen MR) is 121 cm³/mol. The Kier molecular flexibility index (Phi) is 9.18. The van der Waals surface area contributed by atoms with Crippen LogP contribution in [-0.2, 0) is 9.59 Å². The first-order chi connectivity index (χ1) is 14.2. The number of unbranched alkanes of at least 4 members (excludes halogenated alkanes) is 1. The van der Waals surface area contributed by atoms with E-state index in [1.807, 2.05) is 6.08 Å². The molecule has 0 aromatic carbocycles. The van der Waals surface area contributed by atoms with Gasteiger partial charge in [-0.1, -0.05) is 51.7 Å². The van der Waals surface area contributed by atoms with Crippen LogP contribution in [0.4, 0.5) is 0 Å². The molecule has 4 rings (SSSR count). The van der Waals surface area contributed by atoms with Crippen molar-refractivity contribution in [3.8, 4) is 0 Å². The Hall–Kier alpha value is -1.58. The fraction of sp³-hybridized carbons (Fsp3) is 0.769. The highest BCUT2D eigenvalue weighted by Crippen LogP contribution is 2.60. The van der Waals surface area contributed by atoms with E-state index in [9.17, 15) is 9.59 Å². The Balaban J connectivity index is 0.000000217. The molecule has 4 aliphatic carbocycles. The van der Waals surface area contributed by atoms with Gasteiger partial charge in [0.25, 0.3) is 0 Å². The molecule has 0 aromatic rings. The summed E-state index contributed by atoms with van der Waals surface area (Å²) in [6.07, 6.45) is 17.7. The largest absolute Gasteiger partial charge is 0.478 e. The minimum Gasteiger partial charge on any atom is -0.478 e. The lowest BCUT2D eigenvalue weighted by atomic mass is 9.49. The number of carboxylic acid groups (broad SMARTS) is 2. The zero-order valence-corrected chi connectivity index (χ0v) is 19.5. The van der Waals surface area contributed by atoms with E-state index in [4.69, 9.17) is 10.2 Å². The van der Waals surface area contributed by atoms with Gasteiger partial charge in [-0.15, -0.1) is 0 Å². The molecule has 4 aliphatic rings. The fourth-order valence-corrected chi connectivity index (χ4v) is 6.29. The summed E-state index contributed by atoms with van der Waals surface area (Å²) in [4.78, 5) is 21.5. The van der Waals surface area contributed by atoms with Crippen LogP contribution >= 0.6 is 0 Å². The summed E-state index contributed by atoms with van der Waals surface area (Å²) in [5, 5.41) is 17.7. The molecule has 1 atom stereocenters. The predicted octanol–water partition coefficient (Wildman–Crippen LogP) is 6.86. The summed E-state index contributed by atoms with van der Waals surface area (Å²) in [5.41, 5.74) is 1.29. The van der Waals surface area contributed by atoms with E-state index in [0.717, 1.165) is 30.6 Å². The van der Waals surface area contributed by atoms with Crippen LogP contribution in [0.3, 0.4) is 0 Å². The van der Waals surface area contributed by atoms with Crippen LogP contribution in [0.15, 0.2) is 23.3 Å². The van der Waals surface area contributed by atoms with Gasteiger partial charge in [0, 0.05) is 11.1 Å². The molecule has 4 heteroatoms. The molecule has 170 valence electrons. The van der Waals surface area contributed by atoms with Crippen LogP contribution in [0.5, 0.6) is 0 Å². The van der Waals surface area contributed by atoms with Crippen molar-refractivity contribution in [2.45, 2.75) is 98.3 Å². The average Bonchev–Trinajstić information content (AvgIpc) is 2.66. The van der Waals surface area contributed by atoms with Gasteiger partial charge in [0.2, 0.25) is 0 Å². The Labute approximate surface area is 182 Å². The van der Waals surface area contributed by atoms with E-state index in [2.05, 4.69) is 19.9 Å². The second kappa shape index (κ2) is 11.2. The van der Waals surface area contributed by atoms with E-state index < -0.39 is 11.9 Å². The van der Waals surface area contributed by atoms with Crippen LogP contribution in [0.1, 0.15) is 98.3 Å². The van der Waals surface area contributed by atoms with Crippen LogP contribution < -0.4 is 0 Å². The lowest BCUT2D eigenvalue weighted by Crippen LogP contribution is -2.45. The molecule has 0 aliphatic heterocycles. The highest BCUT2D eigenvalue weighted by Gasteiger charge is 2.49. The molecule has 0 amide bonds. The molecule has 4 saturated carbocycles. The topological polar surface area (TPSA) is 74.6 Å². The number of hydrogen-bond acceptors (Lipinski definition) is 2. The van der Waals surface area contributed by atoms with Crippen molar-refractivity contribution < 1.29 is 19.8 Å². The van der Waals surface area contributed by atoms with Gasteiger partial charge in [-0.2, -0.15) is 0 Å². The van der Waals surface area contributed by atoms with Crippen LogP contribution in [0.25, 0.3) is 0 Å². The lowest BCUT2D eigenvalue weighted by Gasteiger charge is -2.56. The maximum atomic E-state index is 11.0. The summed E-state index contributed by atoms with van der Waals surface area (Å²) in [6.45, 7) is 7.77. The summed E-state index contributed by atoms with van der Waals surface area (Å²) in [5.74, 6) is 1.80. The van der Waals surface area contributed by atoms with E-state index in [1.165, 1.54) is 57.8 Å². The second-order valence-electron chi connectivity index (χ2n) is 10.3. The Morgan fingerprint density at radius 1 is 0.933 bits per heavy atom. The van der Waals surface area contributed by atoms with E-state index in [1.54, 1.807) is 13.8 Å². The third-order valence-corrected chi connectivity index (χ3v) is 7.58.